The highest BCUT2D eigenvalue weighted by Gasteiger charge is 2.09. The predicted molar refractivity (Wildman–Crippen MR) is 89.9 cm³/mol. The molecule has 0 unspecified atom stereocenters. The monoisotopic (exact) mass is 287 g/mol. The summed E-state index contributed by atoms with van der Waals surface area (Å²) in [5, 5.41) is 4.21. The zero-order valence-electron chi connectivity index (χ0n) is 13.0. The Labute approximate surface area is 126 Å². The van der Waals surface area contributed by atoms with Gasteiger partial charge >= 0.3 is 0 Å². The van der Waals surface area contributed by atoms with Crippen molar-refractivity contribution in [2.24, 2.45) is 5.73 Å². The van der Waals surface area contributed by atoms with Gasteiger partial charge in [0.1, 0.15) is 5.82 Å². The number of hydrogen-bond acceptors (Lipinski definition) is 5. The van der Waals surface area contributed by atoms with Gasteiger partial charge in [-0.15, -0.1) is 0 Å². The average Bonchev–Trinajstić information content (AvgIpc) is 2.53. The fraction of sp³-hybridized carbons (Fsp3) is 0.500. The smallest absolute Gasteiger partial charge is 0.227 e. The van der Waals surface area contributed by atoms with Crippen LogP contribution in [0.15, 0.2) is 24.3 Å². The van der Waals surface area contributed by atoms with Gasteiger partial charge in [0.2, 0.25) is 5.95 Å². The third-order valence-electron chi connectivity index (χ3n) is 3.62. The van der Waals surface area contributed by atoms with E-state index in [0.717, 1.165) is 48.6 Å². The van der Waals surface area contributed by atoms with E-state index in [1.165, 1.54) is 12.8 Å². The number of anilines is 2. The van der Waals surface area contributed by atoms with E-state index in [4.69, 9.17) is 5.73 Å². The molecule has 114 valence electrons. The molecule has 5 heteroatoms. The van der Waals surface area contributed by atoms with Crippen molar-refractivity contribution in [2.45, 2.75) is 25.7 Å². The maximum Gasteiger partial charge on any atom is 0.227 e. The van der Waals surface area contributed by atoms with Crippen molar-refractivity contribution >= 4 is 22.7 Å². The Morgan fingerprint density at radius 1 is 1.10 bits per heavy atom. The highest BCUT2D eigenvalue weighted by molar-refractivity contribution is 5.89. The Morgan fingerprint density at radius 2 is 1.86 bits per heavy atom. The lowest BCUT2D eigenvalue weighted by atomic mass is 10.2. The lowest BCUT2D eigenvalue weighted by molar-refractivity contribution is 0.639. The fourth-order valence-electron chi connectivity index (χ4n) is 2.37. The van der Waals surface area contributed by atoms with Crippen molar-refractivity contribution in [2.75, 3.05) is 37.4 Å². The molecule has 2 rings (SSSR count). The normalized spacial score (nSPS) is 10.8. The van der Waals surface area contributed by atoms with Crippen LogP contribution in [0.1, 0.15) is 25.7 Å². The lowest BCUT2D eigenvalue weighted by Crippen LogP contribution is -2.21. The maximum absolute atomic E-state index is 5.51. The average molecular weight is 287 g/mol. The SMILES string of the molecule is CNc1nc(N(C)CCCCCCN)nc2ccccc12. The molecule has 5 nitrogen and oxygen atoms in total. The van der Waals surface area contributed by atoms with Gasteiger partial charge in [-0.1, -0.05) is 25.0 Å². The Balaban J connectivity index is 2.06. The second-order valence-corrected chi connectivity index (χ2v) is 5.26. The fourth-order valence-corrected chi connectivity index (χ4v) is 2.37. The molecule has 2 aromatic rings. The minimum Gasteiger partial charge on any atom is -0.372 e. The van der Waals surface area contributed by atoms with Crippen molar-refractivity contribution in [3.05, 3.63) is 24.3 Å². The molecule has 0 fully saturated rings. The highest BCUT2D eigenvalue weighted by Crippen LogP contribution is 2.22. The van der Waals surface area contributed by atoms with Gasteiger partial charge in [0.25, 0.3) is 0 Å². The summed E-state index contributed by atoms with van der Waals surface area (Å²) in [6.07, 6.45) is 4.65. The van der Waals surface area contributed by atoms with Gasteiger partial charge < -0.3 is 16.0 Å². The van der Waals surface area contributed by atoms with Gasteiger partial charge in [0.05, 0.1) is 5.52 Å². The first-order chi connectivity index (χ1) is 10.3. The van der Waals surface area contributed by atoms with E-state index in [-0.39, 0.29) is 0 Å². The van der Waals surface area contributed by atoms with Gasteiger partial charge in [-0.25, -0.2) is 4.98 Å². The molecule has 0 amide bonds. The third kappa shape index (κ3) is 4.04. The zero-order chi connectivity index (χ0) is 15.1. The first-order valence-electron chi connectivity index (χ1n) is 7.62. The second kappa shape index (κ2) is 7.78. The van der Waals surface area contributed by atoms with Gasteiger partial charge in [0, 0.05) is 26.0 Å². The van der Waals surface area contributed by atoms with Crippen molar-refractivity contribution in [3.63, 3.8) is 0 Å². The molecule has 3 N–H and O–H groups in total. The summed E-state index contributed by atoms with van der Waals surface area (Å²) in [4.78, 5) is 11.4. The molecule has 1 aromatic heterocycles. The van der Waals surface area contributed by atoms with Crippen LogP contribution in [0.25, 0.3) is 10.9 Å². The maximum atomic E-state index is 5.51. The van der Waals surface area contributed by atoms with E-state index in [2.05, 4.69) is 20.2 Å². The van der Waals surface area contributed by atoms with Gasteiger partial charge in [-0.3, -0.25) is 0 Å². The number of para-hydroxylation sites is 1. The van der Waals surface area contributed by atoms with Crippen LogP contribution in [0.5, 0.6) is 0 Å². The summed E-state index contributed by atoms with van der Waals surface area (Å²) in [5.74, 6) is 1.66. The van der Waals surface area contributed by atoms with E-state index < -0.39 is 0 Å². The molecule has 21 heavy (non-hydrogen) atoms. The molecule has 0 saturated heterocycles. The van der Waals surface area contributed by atoms with E-state index in [1.807, 2.05) is 38.4 Å². The summed E-state index contributed by atoms with van der Waals surface area (Å²) in [7, 11) is 3.94. The molecule has 0 bridgehead atoms. The van der Waals surface area contributed by atoms with E-state index in [0.29, 0.717) is 0 Å². The minimum atomic E-state index is 0.775. The number of hydrogen-bond donors (Lipinski definition) is 2. The lowest BCUT2D eigenvalue weighted by Gasteiger charge is -2.18. The first kappa shape index (κ1) is 15.5. The van der Waals surface area contributed by atoms with Crippen LogP contribution in [0, 0.1) is 0 Å². The molecular formula is C16H25N5. The highest BCUT2D eigenvalue weighted by atomic mass is 15.2. The van der Waals surface area contributed by atoms with Crippen molar-refractivity contribution < 1.29 is 0 Å². The standard InChI is InChI=1S/C16H25N5/c1-18-15-13-9-5-6-10-14(13)19-16(20-15)21(2)12-8-4-3-7-11-17/h5-6,9-10H,3-4,7-8,11-12,17H2,1-2H3,(H,18,19,20). The summed E-state index contributed by atoms with van der Waals surface area (Å²) in [6.45, 7) is 1.75. The number of nitrogens with one attached hydrogen (secondary N) is 1. The van der Waals surface area contributed by atoms with Crippen molar-refractivity contribution in [1.29, 1.82) is 0 Å². The molecule has 0 spiro atoms. The van der Waals surface area contributed by atoms with Crippen LogP contribution in [0.4, 0.5) is 11.8 Å². The van der Waals surface area contributed by atoms with Crippen LogP contribution in [-0.4, -0.2) is 37.2 Å². The number of rotatable bonds is 8. The third-order valence-corrected chi connectivity index (χ3v) is 3.62. The quantitative estimate of drug-likeness (QED) is 0.731. The van der Waals surface area contributed by atoms with Gasteiger partial charge in [-0.2, -0.15) is 4.98 Å². The number of nitrogens with zero attached hydrogens (tertiary/aromatic N) is 3. The largest absolute Gasteiger partial charge is 0.372 e. The summed E-state index contributed by atoms with van der Waals surface area (Å²) in [6, 6.07) is 8.08. The van der Waals surface area contributed by atoms with Crippen LogP contribution in [0.3, 0.4) is 0 Å². The molecular weight excluding hydrogens is 262 g/mol. The molecule has 1 heterocycles. The van der Waals surface area contributed by atoms with Crippen LogP contribution >= 0.6 is 0 Å². The summed E-state index contributed by atoms with van der Waals surface area (Å²) in [5.41, 5.74) is 6.48. The number of aromatic nitrogens is 2. The molecule has 0 aliphatic carbocycles. The molecule has 0 atom stereocenters. The summed E-state index contributed by atoms with van der Waals surface area (Å²) < 4.78 is 0. The van der Waals surface area contributed by atoms with Gasteiger partial charge in [0.15, 0.2) is 0 Å². The number of benzene rings is 1. The number of nitrogens with two attached hydrogens (primary N) is 1. The molecule has 0 aliphatic heterocycles. The van der Waals surface area contributed by atoms with E-state index >= 15 is 0 Å². The number of unbranched alkanes of at least 4 members (excludes halogenated alkanes) is 3. The number of fused-ring (bicyclic) bond motifs is 1. The van der Waals surface area contributed by atoms with Crippen molar-refractivity contribution in [1.82, 2.24) is 9.97 Å². The predicted octanol–water partition coefficient (Wildman–Crippen LogP) is 2.63. The van der Waals surface area contributed by atoms with Crippen molar-refractivity contribution in [3.8, 4) is 0 Å². The van der Waals surface area contributed by atoms with Crippen LogP contribution < -0.4 is 16.0 Å². The Morgan fingerprint density at radius 3 is 2.62 bits per heavy atom. The van der Waals surface area contributed by atoms with Gasteiger partial charge in [-0.05, 0) is 31.5 Å². The van der Waals surface area contributed by atoms with Crippen LogP contribution in [0.2, 0.25) is 0 Å². The minimum absolute atomic E-state index is 0.775. The molecule has 0 radical (unpaired) electrons. The Kier molecular flexibility index (Phi) is 5.75. The second-order valence-electron chi connectivity index (χ2n) is 5.26. The first-order valence-corrected chi connectivity index (χ1v) is 7.62. The Hall–Kier alpha value is -1.88. The topological polar surface area (TPSA) is 67.1 Å². The molecule has 1 aromatic carbocycles. The zero-order valence-corrected chi connectivity index (χ0v) is 13.0. The Bertz CT molecular complexity index is 570. The summed E-state index contributed by atoms with van der Waals surface area (Å²) >= 11 is 0. The molecule has 0 saturated carbocycles. The van der Waals surface area contributed by atoms with Crippen LogP contribution in [-0.2, 0) is 0 Å². The molecule has 0 aliphatic rings. The van der Waals surface area contributed by atoms with E-state index in [9.17, 15) is 0 Å². The van der Waals surface area contributed by atoms with E-state index in [1.54, 1.807) is 0 Å².